The summed E-state index contributed by atoms with van der Waals surface area (Å²) in [6.45, 7) is 5.11. The number of thioether (sulfide) groups is 1. The van der Waals surface area contributed by atoms with Crippen molar-refractivity contribution in [3.63, 3.8) is 0 Å². The van der Waals surface area contributed by atoms with E-state index in [0.29, 0.717) is 12.3 Å². The van der Waals surface area contributed by atoms with Gasteiger partial charge in [0.15, 0.2) is 4.67 Å². The minimum Gasteiger partial charge on any atom is -0.452 e. The second-order valence-corrected chi connectivity index (χ2v) is 7.42. The van der Waals surface area contributed by atoms with Crippen molar-refractivity contribution in [3.8, 4) is 0 Å². The first-order valence-electron chi connectivity index (χ1n) is 5.91. The second-order valence-electron chi connectivity index (χ2n) is 4.11. The van der Waals surface area contributed by atoms with E-state index in [4.69, 9.17) is 4.42 Å². The average molecular weight is 371 g/mol. The fourth-order valence-electron chi connectivity index (χ4n) is 1.53. The molecular weight excluding hydrogens is 352 g/mol. The summed E-state index contributed by atoms with van der Waals surface area (Å²) in [5.74, 6) is 1.31. The molecule has 5 nitrogen and oxygen atoms in total. The molecule has 0 saturated carbocycles. The fourth-order valence-corrected chi connectivity index (χ4v) is 4.46. The van der Waals surface area contributed by atoms with Crippen molar-refractivity contribution in [1.29, 1.82) is 0 Å². The van der Waals surface area contributed by atoms with Gasteiger partial charge in [-0.3, -0.25) is 0 Å². The average Bonchev–Trinajstić information content (AvgIpc) is 2.68. The van der Waals surface area contributed by atoms with Gasteiger partial charge in [0, 0.05) is 17.9 Å². The number of rotatable bonds is 8. The Balaban J connectivity index is 2.85. The molecule has 1 unspecified atom stereocenters. The van der Waals surface area contributed by atoms with Crippen LogP contribution in [0.25, 0.3) is 0 Å². The maximum Gasteiger partial charge on any atom is 0.245 e. The Morgan fingerprint density at radius 2 is 2.21 bits per heavy atom. The van der Waals surface area contributed by atoms with E-state index < -0.39 is 10.0 Å². The van der Waals surface area contributed by atoms with E-state index in [0.717, 1.165) is 12.3 Å². The molecule has 0 saturated heterocycles. The van der Waals surface area contributed by atoms with Crippen molar-refractivity contribution in [2.45, 2.75) is 31.3 Å². The molecule has 1 aromatic heterocycles. The topological polar surface area (TPSA) is 71.3 Å². The zero-order valence-electron chi connectivity index (χ0n) is 11.2. The van der Waals surface area contributed by atoms with Crippen molar-refractivity contribution < 1.29 is 12.8 Å². The van der Waals surface area contributed by atoms with E-state index in [1.165, 1.54) is 0 Å². The van der Waals surface area contributed by atoms with Gasteiger partial charge in [0.1, 0.15) is 10.7 Å². The monoisotopic (exact) mass is 370 g/mol. The summed E-state index contributed by atoms with van der Waals surface area (Å²) in [6, 6.07) is 1.42. The first kappa shape index (κ1) is 17.0. The molecule has 8 heteroatoms. The van der Waals surface area contributed by atoms with Crippen molar-refractivity contribution in [3.05, 3.63) is 16.5 Å². The molecule has 1 atom stereocenters. The largest absolute Gasteiger partial charge is 0.452 e. The van der Waals surface area contributed by atoms with Crippen LogP contribution in [0.3, 0.4) is 0 Å². The van der Waals surface area contributed by atoms with Gasteiger partial charge in [-0.15, -0.1) is 0 Å². The molecule has 19 heavy (non-hydrogen) atoms. The van der Waals surface area contributed by atoms with E-state index >= 15 is 0 Å². The lowest BCUT2D eigenvalue weighted by atomic mass is 10.4. The highest BCUT2D eigenvalue weighted by molar-refractivity contribution is 9.10. The van der Waals surface area contributed by atoms with Gasteiger partial charge in [0.05, 0.1) is 6.54 Å². The standard InChI is InChI=1S/C11H19BrN2O3S2/c1-4-13-6-9-5-10(11(12)17-9)19(15,16)14-8(2)7-18-3/h5,8,13-14H,4,6-7H2,1-3H3. The predicted octanol–water partition coefficient (Wildman–Crippen LogP) is 2.18. The molecule has 0 radical (unpaired) electrons. The first-order valence-corrected chi connectivity index (χ1v) is 9.58. The number of halogens is 1. The Bertz CT molecular complexity index is 502. The summed E-state index contributed by atoms with van der Waals surface area (Å²) >= 11 is 4.75. The Hall–Kier alpha value is -0.0200. The molecule has 0 aliphatic rings. The van der Waals surface area contributed by atoms with Crippen LogP contribution in [0.1, 0.15) is 19.6 Å². The van der Waals surface area contributed by atoms with E-state index in [-0.39, 0.29) is 15.6 Å². The highest BCUT2D eigenvalue weighted by Gasteiger charge is 2.23. The van der Waals surface area contributed by atoms with Crippen LogP contribution in [0.15, 0.2) is 20.0 Å². The molecule has 1 aromatic rings. The molecule has 1 heterocycles. The van der Waals surface area contributed by atoms with Gasteiger partial charge < -0.3 is 9.73 Å². The molecular formula is C11H19BrN2O3S2. The second kappa shape index (κ2) is 7.68. The summed E-state index contributed by atoms with van der Waals surface area (Å²) < 4.78 is 32.6. The molecule has 0 spiro atoms. The number of sulfonamides is 1. The third kappa shape index (κ3) is 5.11. The van der Waals surface area contributed by atoms with Gasteiger partial charge in [-0.25, -0.2) is 13.1 Å². The Morgan fingerprint density at radius 3 is 2.79 bits per heavy atom. The van der Waals surface area contributed by atoms with Crippen LogP contribution in [0, 0.1) is 0 Å². The zero-order valence-corrected chi connectivity index (χ0v) is 14.4. The third-order valence-electron chi connectivity index (χ3n) is 2.32. The predicted molar refractivity (Wildman–Crippen MR) is 82.0 cm³/mol. The fraction of sp³-hybridized carbons (Fsp3) is 0.636. The lowest BCUT2D eigenvalue weighted by Gasteiger charge is -2.11. The Labute approximate surface area is 127 Å². The van der Waals surface area contributed by atoms with Crippen molar-refractivity contribution in [1.82, 2.24) is 10.0 Å². The van der Waals surface area contributed by atoms with Crippen LogP contribution < -0.4 is 10.0 Å². The SMILES string of the molecule is CCNCc1cc(S(=O)(=O)NC(C)CSC)c(Br)o1. The van der Waals surface area contributed by atoms with Crippen LogP contribution in [0.2, 0.25) is 0 Å². The molecule has 0 amide bonds. The molecule has 0 aromatic carbocycles. The maximum atomic E-state index is 12.2. The quantitative estimate of drug-likeness (QED) is 0.733. The van der Waals surface area contributed by atoms with Gasteiger partial charge in [-0.05, 0) is 35.7 Å². The normalized spacial score (nSPS) is 13.7. The van der Waals surface area contributed by atoms with Crippen LogP contribution in [0.4, 0.5) is 0 Å². The van der Waals surface area contributed by atoms with Crippen molar-refractivity contribution in [2.24, 2.45) is 0 Å². The Morgan fingerprint density at radius 1 is 1.53 bits per heavy atom. The summed E-state index contributed by atoms with van der Waals surface area (Å²) in [6.07, 6.45) is 1.94. The van der Waals surface area contributed by atoms with Crippen LogP contribution in [-0.4, -0.2) is 33.0 Å². The van der Waals surface area contributed by atoms with E-state index in [9.17, 15) is 8.42 Å². The number of hydrogen-bond acceptors (Lipinski definition) is 5. The molecule has 0 fully saturated rings. The smallest absolute Gasteiger partial charge is 0.245 e. The Kier molecular flexibility index (Phi) is 6.89. The molecule has 1 rings (SSSR count). The minimum absolute atomic E-state index is 0.126. The van der Waals surface area contributed by atoms with Crippen LogP contribution in [-0.2, 0) is 16.6 Å². The lowest BCUT2D eigenvalue weighted by molar-refractivity contribution is 0.464. The lowest BCUT2D eigenvalue weighted by Crippen LogP contribution is -2.34. The highest BCUT2D eigenvalue weighted by Crippen LogP contribution is 2.26. The molecule has 2 N–H and O–H groups in total. The van der Waals surface area contributed by atoms with Gasteiger partial charge in [-0.1, -0.05) is 6.92 Å². The van der Waals surface area contributed by atoms with Gasteiger partial charge >= 0.3 is 0 Å². The summed E-state index contributed by atoms with van der Waals surface area (Å²) in [4.78, 5) is 0.147. The highest BCUT2D eigenvalue weighted by atomic mass is 79.9. The van der Waals surface area contributed by atoms with Crippen molar-refractivity contribution in [2.75, 3.05) is 18.6 Å². The number of furan rings is 1. The van der Waals surface area contributed by atoms with Crippen LogP contribution in [0.5, 0.6) is 0 Å². The third-order valence-corrected chi connectivity index (χ3v) is 5.60. The molecule has 0 aliphatic carbocycles. The minimum atomic E-state index is -3.55. The summed E-state index contributed by atoms with van der Waals surface area (Å²) in [5.41, 5.74) is 0. The van der Waals surface area contributed by atoms with Crippen molar-refractivity contribution >= 4 is 37.7 Å². The van der Waals surface area contributed by atoms with E-state index in [1.54, 1.807) is 17.8 Å². The first-order chi connectivity index (χ1) is 8.90. The molecule has 110 valence electrons. The van der Waals surface area contributed by atoms with E-state index in [2.05, 4.69) is 26.0 Å². The maximum absolute atomic E-state index is 12.2. The van der Waals surface area contributed by atoms with Gasteiger partial charge in [-0.2, -0.15) is 11.8 Å². The van der Waals surface area contributed by atoms with E-state index in [1.807, 2.05) is 20.1 Å². The van der Waals surface area contributed by atoms with Crippen LogP contribution >= 0.6 is 27.7 Å². The van der Waals surface area contributed by atoms with Gasteiger partial charge in [0.2, 0.25) is 10.0 Å². The summed E-state index contributed by atoms with van der Waals surface area (Å²) in [5, 5.41) is 3.08. The molecule has 0 bridgehead atoms. The number of hydrogen-bond donors (Lipinski definition) is 2. The zero-order chi connectivity index (χ0) is 14.5. The summed E-state index contributed by atoms with van der Waals surface area (Å²) in [7, 11) is -3.55. The van der Waals surface area contributed by atoms with Gasteiger partial charge in [0.25, 0.3) is 0 Å². The number of nitrogens with one attached hydrogen (secondary N) is 2. The molecule has 0 aliphatic heterocycles.